The number of amides is 2. The summed E-state index contributed by atoms with van der Waals surface area (Å²) in [4.78, 5) is 48.0. The van der Waals surface area contributed by atoms with Crippen molar-refractivity contribution in [3.63, 3.8) is 0 Å². The lowest BCUT2D eigenvalue weighted by Gasteiger charge is -2.50. The summed E-state index contributed by atoms with van der Waals surface area (Å²) < 4.78 is 3.49. The highest BCUT2D eigenvalue weighted by Crippen LogP contribution is 2.40. The molecular formula is C21H20N8O5S2. The minimum Gasteiger partial charge on any atom is -0.543 e. The number of pyridine rings is 1. The Morgan fingerprint density at radius 2 is 2.25 bits per heavy atom. The molecule has 2 atom stereocenters. The molecule has 186 valence electrons. The van der Waals surface area contributed by atoms with Crippen molar-refractivity contribution in [2.45, 2.75) is 24.9 Å². The SMILES string of the molecule is CO/N=C(\C(=O)N[C@@H]1C(=O)N2C(C(=O)[O-])=C(Cn3cn[n+]4ccc(C)cc34)CS[C@H]12)c1csc(N)n1. The van der Waals surface area contributed by atoms with Crippen LogP contribution in [0.3, 0.4) is 0 Å². The van der Waals surface area contributed by atoms with Gasteiger partial charge in [0.2, 0.25) is 6.33 Å². The molecule has 0 radical (unpaired) electrons. The number of fused-ring (bicyclic) bond motifs is 2. The number of β-lactam (4-membered cyclic amide) rings is 1. The molecule has 15 heteroatoms. The molecule has 0 unspecified atom stereocenters. The second kappa shape index (κ2) is 9.23. The van der Waals surface area contributed by atoms with Crippen LogP contribution in [-0.4, -0.2) is 67.3 Å². The fourth-order valence-corrected chi connectivity index (χ4v) is 5.98. The van der Waals surface area contributed by atoms with E-state index >= 15 is 0 Å². The maximum atomic E-state index is 13.0. The van der Waals surface area contributed by atoms with Gasteiger partial charge < -0.3 is 25.8 Å². The molecule has 0 aromatic carbocycles. The molecule has 1 saturated heterocycles. The number of thioether (sulfide) groups is 1. The predicted molar refractivity (Wildman–Crippen MR) is 127 cm³/mol. The zero-order valence-electron chi connectivity index (χ0n) is 19.1. The number of nitrogens with zero attached hydrogens (tertiary/aromatic N) is 6. The summed E-state index contributed by atoms with van der Waals surface area (Å²) in [5.74, 6) is -2.39. The Bertz CT molecular complexity index is 1460. The zero-order valence-corrected chi connectivity index (χ0v) is 20.7. The molecule has 2 aliphatic rings. The van der Waals surface area contributed by atoms with Gasteiger partial charge in [-0.25, -0.2) is 9.55 Å². The molecule has 2 aliphatic heterocycles. The van der Waals surface area contributed by atoms with Gasteiger partial charge in [0, 0.05) is 22.8 Å². The number of rotatable bonds is 7. The van der Waals surface area contributed by atoms with Gasteiger partial charge in [-0.1, -0.05) is 5.16 Å². The molecule has 13 nitrogen and oxygen atoms in total. The summed E-state index contributed by atoms with van der Waals surface area (Å²) in [6.45, 7) is 2.16. The second-order valence-electron chi connectivity index (χ2n) is 8.06. The molecule has 0 aliphatic carbocycles. The summed E-state index contributed by atoms with van der Waals surface area (Å²) in [7, 11) is 1.28. The Labute approximate surface area is 212 Å². The quantitative estimate of drug-likeness (QED) is 0.159. The summed E-state index contributed by atoms with van der Waals surface area (Å²) >= 11 is 2.47. The Balaban J connectivity index is 1.38. The lowest BCUT2D eigenvalue weighted by molar-refractivity contribution is -0.578. The van der Waals surface area contributed by atoms with Gasteiger partial charge in [-0.2, -0.15) is 0 Å². The van der Waals surface area contributed by atoms with Crippen LogP contribution in [0.25, 0.3) is 5.65 Å². The van der Waals surface area contributed by atoms with E-state index in [9.17, 15) is 19.5 Å². The van der Waals surface area contributed by atoms with Crippen LogP contribution < -0.4 is 20.7 Å². The topological polar surface area (TPSA) is 172 Å². The maximum absolute atomic E-state index is 13.0. The number of aliphatic carboxylic acids is 1. The molecular weight excluding hydrogens is 508 g/mol. The fraction of sp³-hybridized carbons (Fsp3) is 0.286. The molecule has 36 heavy (non-hydrogen) atoms. The van der Waals surface area contributed by atoms with Crippen molar-refractivity contribution in [3.05, 3.63) is 52.6 Å². The van der Waals surface area contributed by atoms with Crippen LogP contribution in [0, 0.1) is 6.92 Å². The van der Waals surface area contributed by atoms with E-state index in [1.165, 1.54) is 18.9 Å². The van der Waals surface area contributed by atoms with Crippen molar-refractivity contribution in [1.82, 2.24) is 24.9 Å². The highest BCUT2D eigenvalue weighted by Gasteiger charge is 2.53. The number of nitrogen functional groups attached to an aromatic ring is 1. The minimum absolute atomic E-state index is 0.145. The first-order valence-corrected chi connectivity index (χ1v) is 12.6. The maximum Gasteiger partial charge on any atom is 0.308 e. The summed E-state index contributed by atoms with van der Waals surface area (Å²) in [5, 5.41) is 23.9. The lowest BCUT2D eigenvalue weighted by Crippen LogP contribution is -2.71. The number of carbonyl (C=O) groups excluding carboxylic acids is 3. The number of nitrogens with two attached hydrogens (primary N) is 1. The predicted octanol–water partition coefficient (Wildman–Crippen LogP) is -1.58. The van der Waals surface area contributed by atoms with Gasteiger partial charge in [-0.05, 0) is 23.7 Å². The highest BCUT2D eigenvalue weighted by atomic mass is 32.2. The summed E-state index contributed by atoms with van der Waals surface area (Å²) in [6.07, 6.45) is 3.42. The standard InChI is InChI=1S/C21H20N8O5S2/c1-10-3-4-28-13(5-10)27(9-23-28)6-11-7-35-19-15(18(31)29(19)16(11)20(32)33)25-17(30)14(26-34-2)12-8-36-21(22)24-12/h3-5,8-9,15,19H,6-7H2,1-2H3,(H3-,22,24,25,30,32,33)/b26-14-/t15-,19-/m1/s1. The molecule has 5 heterocycles. The van der Waals surface area contributed by atoms with E-state index in [1.807, 2.05) is 29.8 Å². The number of thiazole rings is 1. The molecule has 1 fully saturated rings. The zero-order chi connectivity index (χ0) is 25.6. The second-order valence-corrected chi connectivity index (χ2v) is 10.1. The molecule has 2 amide bonds. The van der Waals surface area contributed by atoms with Crippen molar-refractivity contribution in [1.29, 1.82) is 0 Å². The van der Waals surface area contributed by atoms with Gasteiger partial charge in [0.15, 0.2) is 10.8 Å². The average Bonchev–Trinajstić information content (AvgIpc) is 3.46. The summed E-state index contributed by atoms with van der Waals surface area (Å²) in [6, 6.07) is 2.89. The van der Waals surface area contributed by atoms with Gasteiger partial charge in [0.25, 0.3) is 11.8 Å². The third-order valence-corrected chi connectivity index (χ3v) is 7.74. The van der Waals surface area contributed by atoms with Crippen LogP contribution in [0.2, 0.25) is 0 Å². The largest absolute Gasteiger partial charge is 0.543 e. The van der Waals surface area contributed by atoms with Gasteiger partial charge in [-0.3, -0.25) is 14.5 Å². The number of aromatic nitrogens is 4. The Hall–Kier alpha value is -3.98. The highest BCUT2D eigenvalue weighted by molar-refractivity contribution is 8.00. The minimum atomic E-state index is -1.46. The van der Waals surface area contributed by atoms with E-state index in [-0.39, 0.29) is 28.8 Å². The van der Waals surface area contributed by atoms with Gasteiger partial charge >= 0.3 is 5.65 Å². The smallest absolute Gasteiger partial charge is 0.308 e. The van der Waals surface area contributed by atoms with Crippen LogP contribution in [0.15, 0.2) is 46.5 Å². The average molecular weight is 529 g/mol. The third-order valence-electron chi connectivity index (χ3n) is 5.73. The first-order chi connectivity index (χ1) is 17.3. The number of carbonyl (C=O) groups is 3. The molecule has 0 bridgehead atoms. The third kappa shape index (κ3) is 4.05. The molecule has 5 rings (SSSR count). The van der Waals surface area contributed by atoms with Gasteiger partial charge in [0.05, 0.1) is 11.7 Å². The first-order valence-electron chi connectivity index (χ1n) is 10.6. The normalized spacial score (nSPS) is 19.8. The number of carboxylic acids is 1. The van der Waals surface area contributed by atoms with Crippen LogP contribution >= 0.6 is 23.1 Å². The van der Waals surface area contributed by atoms with Crippen LogP contribution in [0.4, 0.5) is 5.13 Å². The van der Waals surface area contributed by atoms with Crippen molar-refractivity contribution < 1.29 is 28.8 Å². The van der Waals surface area contributed by atoms with E-state index in [0.717, 1.165) is 27.4 Å². The van der Waals surface area contributed by atoms with E-state index < -0.39 is 29.2 Å². The van der Waals surface area contributed by atoms with Gasteiger partial charge in [0.1, 0.15) is 37.0 Å². The van der Waals surface area contributed by atoms with Crippen molar-refractivity contribution >= 4 is 57.4 Å². The monoisotopic (exact) mass is 528 g/mol. The lowest BCUT2D eigenvalue weighted by atomic mass is 10.0. The van der Waals surface area contributed by atoms with Crippen LogP contribution in [0.5, 0.6) is 0 Å². The van der Waals surface area contributed by atoms with E-state index in [0.29, 0.717) is 11.3 Å². The van der Waals surface area contributed by atoms with Crippen LogP contribution in [0.1, 0.15) is 11.3 Å². The number of oxime groups is 1. The van der Waals surface area contributed by atoms with Gasteiger partial charge in [-0.15, -0.1) is 27.6 Å². The Morgan fingerprint density at radius 1 is 1.44 bits per heavy atom. The number of hydrogen-bond donors (Lipinski definition) is 2. The van der Waals surface area contributed by atoms with Crippen LogP contribution in [-0.2, 0) is 25.8 Å². The number of aryl methyl sites for hydroxylation is 1. The Kier molecular flexibility index (Phi) is 6.09. The fourth-order valence-electron chi connectivity index (χ4n) is 4.09. The number of nitrogens with one attached hydrogen (secondary N) is 1. The molecule has 3 aromatic heterocycles. The van der Waals surface area contributed by atoms with Crippen molar-refractivity contribution in [3.8, 4) is 0 Å². The van der Waals surface area contributed by atoms with Crippen molar-refractivity contribution in [2.24, 2.45) is 5.16 Å². The molecule has 3 aromatic rings. The van der Waals surface area contributed by atoms with E-state index in [4.69, 9.17) is 10.6 Å². The Morgan fingerprint density at radius 3 is 2.94 bits per heavy atom. The van der Waals surface area contributed by atoms with Crippen molar-refractivity contribution in [2.75, 3.05) is 18.6 Å². The van der Waals surface area contributed by atoms with E-state index in [2.05, 4.69) is 20.6 Å². The van der Waals surface area contributed by atoms with E-state index in [1.54, 1.807) is 16.2 Å². The number of hydrogen-bond acceptors (Lipinski definition) is 11. The molecule has 3 N–H and O–H groups in total. The summed E-state index contributed by atoms with van der Waals surface area (Å²) in [5.41, 5.74) is 7.83. The number of anilines is 1. The molecule has 0 spiro atoms. The number of carboxylic acid groups (broad SMARTS) is 1. The first kappa shape index (κ1) is 23.7. The molecule has 0 saturated carbocycles.